The van der Waals surface area contributed by atoms with E-state index in [4.69, 9.17) is 12.2 Å². The largest absolute Gasteiger partial charge is 0.372 e. The summed E-state index contributed by atoms with van der Waals surface area (Å²) in [5.41, 5.74) is 5.12. The highest BCUT2D eigenvalue weighted by Crippen LogP contribution is 2.25. The topological polar surface area (TPSA) is 57.6 Å². The molecule has 1 saturated heterocycles. The van der Waals surface area contributed by atoms with Gasteiger partial charge in [-0.3, -0.25) is 19.8 Å². The van der Waals surface area contributed by atoms with Crippen LogP contribution in [-0.2, 0) is 9.59 Å². The molecule has 152 valence electrons. The van der Waals surface area contributed by atoms with Crippen molar-refractivity contribution in [3.63, 3.8) is 0 Å². The highest BCUT2D eigenvalue weighted by atomic mass is 32.1. The van der Waals surface area contributed by atoms with Crippen LogP contribution in [0, 0.1) is 13.8 Å². The molecule has 0 aliphatic carbocycles. The zero-order valence-corrected chi connectivity index (χ0v) is 18.3. The Hall–Kier alpha value is -2.93. The molecule has 1 fully saturated rings. The molecule has 29 heavy (non-hydrogen) atoms. The fraction of sp³-hybridized carbons (Fsp3) is 0.318. The molecule has 2 heterocycles. The Balaban J connectivity index is 1.98. The molecule has 1 aliphatic rings. The van der Waals surface area contributed by atoms with Gasteiger partial charge in [0.2, 0.25) is 0 Å². The highest BCUT2D eigenvalue weighted by Gasteiger charge is 2.31. The molecule has 6 nitrogen and oxygen atoms in total. The molecule has 1 aliphatic heterocycles. The first-order valence-corrected chi connectivity index (χ1v) is 10.1. The van der Waals surface area contributed by atoms with Gasteiger partial charge in [0.1, 0.15) is 5.57 Å². The van der Waals surface area contributed by atoms with Crippen LogP contribution in [0.15, 0.2) is 35.9 Å². The molecule has 3 rings (SSSR count). The maximum absolute atomic E-state index is 12.5. The Bertz CT molecular complexity index is 1000. The van der Waals surface area contributed by atoms with Gasteiger partial charge >= 0.3 is 0 Å². The summed E-state index contributed by atoms with van der Waals surface area (Å²) >= 11 is 5.00. The lowest BCUT2D eigenvalue weighted by atomic mass is 10.1. The van der Waals surface area contributed by atoms with Crippen molar-refractivity contribution >= 4 is 40.9 Å². The number of likely N-dealkylation sites (N-methyl/N-ethyl adjacent to an activating group) is 1. The van der Waals surface area contributed by atoms with Crippen LogP contribution in [-0.4, -0.2) is 46.5 Å². The van der Waals surface area contributed by atoms with Crippen LogP contribution in [0.2, 0.25) is 0 Å². The van der Waals surface area contributed by atoms with Gasteiger partial charge in [-0.05, 0) is 81.9 Å². The lowest BCUT2D eigenvalue weighted by Gasteiger charge is -2.25. The Labute approximate surface area is 176 Å². The first-order chi connectivity index (χ1) is 13.8. The second-order valence-electron chi connectivity index (χ2n) is 7.03. The fourth-order valence-electron chi connectivity index (χ4n) is 3.63. The number of rotatable bonds is 5. The predicted molar refractivity (Wildman–Crippen MR) is 120 cm³/mol. The summed E-state index contributed by atoms with van der Waals surface area (Å²) in [6, 6.07) is 10.4. The van der Waals surface area contributed by atoms with E-state index in [2.05, 4.69) is 52.9 Å². The van der Waals surface area contributed by atoms with Crippen LogP contribution >= 0.6 is 12.2 Å². The van der Waals surface area contributed by atoms with Crippen LogP contribution in [0.4, 0.5) is 5.69 Å². The maximum atomic E-state index is 12.5. The molecule has 7 heteroatoms. The molecular formula is C22H26N4O2S. The summed E-state index contributed by atoms with van der Waals surface area (Å²) in [5, 5.41) is 2.67. The zero-order chi connectivity index (χ0) is 21.3. The molecule has 0 atom stereocenters. The molecule has 1 aromatic carbocycles. The number of nitrogens with zero attached hydrogens (tertiary/aromatic N) is 3. The molecule has 0 unspecified atom stereocenters. The van der Waals surface area contributed by atoms with Crippen molar-refractivity contribution in [2.75, 3.05) is 25.0 Å². The van der Waals surface area contributed by atoms with Crippen LogP contribution in [0.5, 0.6) is 0 Å². The summed E-state index contributed by atoms with van der Waals surface area (Å²) in [4.78, 5) is 28.3. The van der Waals surface area contributed by atoms with Crippen molar-refractivity contribution in [3.8, 4) is 5.69 Å². The van der Waals surface area contributed by atoms with Gasteiger partial charge in [0, 0.05) is 42.9 Å². The van der Waals surface area contributed by atoms with E-state index >= 15 is 0 Å². The van der Waals surface area contributed by atoms with Gasteiger partial charge in [0.15, 0.2) is 5.11 Å². The summed E-state index contributed by atoms with van der Waals surface area (Å²) in [6.07, 6.45) is 1.64. The molecule has 2 aromatic rings. The Morgan fingerprint density at radius 3 is 2.31 bits per heavy atom. The van der Waals surface area contributed by atoms with Gasteiger partial charge in [0.25, 0.3) is 11.8 Å². The molecular weight excluding hydrogens is 384 g/mol. The summed E-state index contributed by atoms with van der Waals surface area (Å²) in [7, 11) is 1.55. The Morgan fingerprint density at radius 2 is 1.72 bits per heavy atom. The maximum Gasteiger partial charge on any atom is 0.265 e. The normalized spacial score (nSPS) is 15.8. The van der Waals surface area contributed by atoms with Crippen molar-refractivity contribution in [1.29, 1.82) is 0 Å². The van der Waals surface area contributed by atoms with E-state index in [1.165, 1.54) is 10.6 Å². The lowest BCUT2D eigenvalue weighted by molar-refractivity contribution is -0.128. The van der Waals surface area contributed by atoms with Crippen molar-refractivity contribution < 1.29 is 9.59 Å². The average molecular weight is 411 g/mol. The molecule has 1 aromatic heterocycles. The Kier molecular flexibility index (Phi) is 5.88. The summed E-state index contributed by atoms with van der Waals surface area (Å²) in [5.74, 6) is -0.862. The van der Waals surface area contributed by atoms with Crippen molar-refractivity contribution in [3.05, 3.63) is 52.9 Å². The average Bonchev–Trinajstić information content (AvgIpc) is 2.98. The van der Waals surface area contributed by atoms with Crippen LogP contribution in [0.25, 0.3) is 11.8 Å². The second-order valence-corrected chi connectivity index (χ2v) is 7.42. The van der Waals surface area contributed by atoms with Crippen LogP contribution in [0.1, 0.15) is 30.8 Å². The second kappa shape index (κ2) is 8.21. The molecule has 0 bridgehead atoms. The van der Waals surface area contributed by atoms with Gasteiger partial charge in [-0.25, -0.2) is 0 Å². The number of benzene rings is 1. The van der Waals surface area contributed by atoms with Crippen LogP contribution < -0.4 is 10.2 Å². The minimum atomic E-state index is -0.466. The third-order valence-electron chi connectivity index (χ3n) is 5.31. The number of hydrogen-bond acceptors (Lipinski definition) is 4. The number of carbonyl (C=O) groups is 2. The Morgan fingerprint density at radius 1 is 1.10 bits per heavy atom. The third-order valence-corrected chi connectivity index (χ3v) is 5.69. The molecule has 0 saturated carbocycles. The number of hydrogen-bond donors (Lipinski definition) is 1. The fourth-order valence-corrected chi connectivity index (χ4v) is 3.81. The van der Waals surface area contributed by atoms with Crippen molar-refractivity contribution in [2.24, 2.45) is 0 Å². The SMILES string of the molecule is CCN(CC)c1ccc(-n2c(C)cc(C=C3C(=O)NC(=S)N(C)C3=O)c2C)cc1. The molecule has 0 spiro atoms. The monoisotopic (exact) mass is 410 g/mol. The number of aryl methyl sites for hydroxylation is 1. The minimum absolute atomic E-state index is 0.0817. The smallest absolute Gasteiger partial charge is 0.265 e. The van der Waals surface area contributed by atoms with Crippen molar-refractivity contribution in [1.82, 2.24) is 14.8 Å². The van der Waals surface area contributed by atoms with E-state index in [1.807, 2.05) is 19.9 Å². The first-order valence-electron chi connectivity index (χ1n) is 9.67. The quantitative estimate of drug-likeness (QED) is 0.467. The number of thiocarbonyl (C=S) groups is 1. The van der Waals surface area contributed by atoms with E-state index in [-0.39, 0.29) is 10.7 Å². The predicted octanol–water partition coefficient (Wildman–Crippen LogP) is 3.20. The standard InChI is InChI=1S/C22H26N4O2S/c1-6-25(7-2)17-8-10-18(11-9-17)26-14(3)12-16(15(26)4)13-19-20(27)23-22(29)24(5)21(19)28/h8-13H,6-7H2,1-5H3,(H,23,27,29). The third kappa shape index (κ3) is 3.82. The number of aromatic nitrogens is 1. The van der Waals surface area contributed by atoms with Crippen LogP contribution in [0.3, 0.4) is 0 Å². The van der Waals surface area contributed by atoms with E-state index in [9.17, 15) is 9.59 Å². The number of amides is 2. The van der Waals surface area contributed by atoms with Gasteiger partial charge in [-0.15, -0.1) is 0 Å². The highest BCUT2D eigenvalue weighted by molar-refractivity contribution is 7.80. The van der Waals surface area contributed by atoms with Gasteiger partial charge in [-0.1, -0.05) is 0 Å². The minimum Gasteiger partial charge on any atom is -0.372 e. The first kappa shape index (κ1) is 20.8. The number of nitrogens with one attached hydrogen (secondary N) is 1. The molecule has 1 N–H and O–H groups in total. The summed E-state index contributed by atoms with van der Waals surface area (Å²) in [6.45, 7) is 10.2. The van der Waals surface area contributed by atoms with Gasteiger partial charge < -0.3 is 9.47 Å². The lowest BCUT2D eigenvalue weighted by Crippen LogP contribution is -2.52. The van der Waals surface area contributed by atoms with E-state index in [0.717, 1.165) is 35.7 Å². The van der Waals surface area contributed by atoms with E-state index in [1.54, 1.807) is 13.1 Å². The van der Waals surface area contributed by atoms with Gasteiger partial charge in [-0.2, -0.15) is 0 Å². The zero-order valence-electron chi connectivity index (χ0n) is 17.4. The summed E-state index contributed by atoms with van der Waals surface area (Å²) < 4.78 is 2.12. The van der Waals surface area contributed by atoms with E-state index in [0.29, 0.717) is 0 Å². The van der Waals surface area contributed by atoms with E-state index < -0.39 is 11.8 Å². The number of anilines is 1. The number of carbonyl (C=O) groups excluding carboxylic acids is 2. The van der Waals surface area contributed by atoms with Crippen molar-refractivity contribution in [2.45, 2.75) is 27.7 Å². The molecule has 2 amide bonds. The molecule has 0 radical (unpaired) electrons. The van der Waals surface area contributed by atoms with Gasteiger partial charge in [0.05, 0.1) is 0 Å².